The molecule has 0 aromatic rings. The predicted molar refractivity (Wildman–Crippen MR) is 117 cm³/mol. The molecule has 1 N–H and O–H groups in total. The maximum atomic E-state index is 12.0. The lowest BCUT2D eigenvalue weighted by Gasteiger charge is -2.28. The third-order valence-corrected chi connectivity index (χ3v) is 5.89. The van der Waals surface area contributed by atoms with Gasteiger partial charge >= 0.3 is 0 Å². The van der Waals surface area contributed by atoms with Crippen molar-refractivity contribution in [3.05, 3.63) is 0 Å². The summed E-state index contributed by atoms with van der Waals surface area (Å²) in [5.74, 6) is 2.95. The van der Waals surface area contributed by atoms with E-state index in [1.807, 2.05) is 0 Å². The Balaban J connectivity index is 0.00000261. The zero-order valence-corrected chi connectivity index (χ0v) is 19.0. The highest BCUT2D eigenvalue weighted by Gasteiger charge is 2.32. The molecule has 3 rings (SSSR count). The zero-order chi connectivity index (χ0) is 18.4. The summed E-state index contributed by atoms with van der Waals surface area (Å²) in [6.45, 7) is 6.61. The van der Waals surface area contributed by atoms with Gasteiger partial charge in [0.05, 0.1) is 6.61 Å². The van der Waals surface area contributed by atoms with Crippen LogP contribution in [0.25, 0.3) is 0 Å². The quantitative estimate of drug-likeness (QED) is 0.356. The fourth-order valence-corrected chi connectivity index (χ4v) is 4.08. The van der Waals surface area contributed by atoms with Gasteiger partial charge in [-0.2, -0.15) is 0 Å². The van der Waals surface area contributed by atoms with Gasteiger partial charge in [-0.1, -0.05) is 0 Å². The first kappa shape index (κ1) is 22.7. The molecule has 0 aromatic carbocycles. The van der Waals surface area contributed by atoms with Crippen molar-refractivity contribution in [2.24, 2.45) is 22.7 Å². The molecule has 3 aliphatic rings. The highest BCUT2D eigenvalue weighted by atomic mass is 127. The van der Waals surface area contributed by atoms with Crippen LogP contribution in [0.15, 0.2) is 4.99 Å². The Morgan fingerprint density at radius 3 is 2.52 bits per heavy atom. The maximum absolute atomic E-state index is 12.0. The first-order chi connectivity index (χ1) is 12.6. The molecule has 3 saturated heterocycles. The first-order valence-corrected chi connectivity index (χ1v) is 10.0. The summed E-state index contributed by atoms with van der Waals surface area (Å²) in [4.78, 5) is 20.6. The normalized spacial score (nSPS) is 26.7. The van der Waals surface area contributed by atoms with E-state index in [4.69, 9.17) is 9.47 Å². The van der Waals surface area contributed by atoms with Crippen molar-refractivity contribution in [3.8, 4) is 0 Å². The number of nitrogens with zero attached hydrogens (tertiary/aromatic N) is 3. The SMILES string of the molecule is CN(C)C(=O)CN=C(NCC1CCOC1)N1CCC(C2CCOCC2)C1.I. The van der Waals surface area contributed by atoms with Crippen LogP contribution >= 0.6 is 24.0 Å². The maximum Gasteiger partial charge on any atom is 0.243 e. The van der Waals surface area contributed by atoms with Crippen LogP contribution in [0, 0.1) is 17.8 Å². The van der Waals surface area contributed by atoms with Gasteiger partial charge in [0.1, 0.15) is 6.54 Å². The number of aliphatic imine (C=N–C) groups is 1. The highest BCUT2D eigenvalue weighted by Crippen LogP contribution is 2.31. The fourth-order valence-electron chi connectivity index (χ4n) is 4.08. The van der Waals surface area contributed by atoms with E-state index in [0.717, 1.165) is 64.4 Å². The molecular weight excluding hydrogens is 459 g/mol. The van der Waals surface area contributed by atoms with E-state index in [1.165, 1.54) is 19.3 Å². The van der Waals surface area contributed by atoms with Crippen molar-refractivity contribution < 1.29 is 14.3 Å². The second-order valence-corrected chi connectivity index (χ2v) is 7.98. The lowest BCUT2D eigenvalue weighted by molar-refractivity contribution is -0.127. The van der Waals surface area contributed by atoms with E-state index >= 15 is 0 Å². The number of amides is 1. The number of rotatable bonds is 5. The highest BCUT2D eigenvalue weighted by molar-refractivity contribution is 14.0. The number of hydrogen-bond donors (Lipinski definition) is 1. The zero-order valence-electron chi connectivity index (χ0n) is 16.7. The van der Waals surface area contributed by atoms with Crippen LogP contribution in [0.4, 0.5) is 0 Å². The second-order valence-electron chi connectivity index (χ2n) is 7.98. The number of ether oxygens (including phenoxy) is 2. The molecule has 3 fully saturated rings. The molecule has 2 unspecified atom stereocenters. The molecule has 156 valence electrons. The van der Waals surface area contributed by atoms with Crippen molar-refractivity contribution >= 4 is 35.8 Å². The van der Waals surface area contributed by atoms with E-state index in [0.29, 0.717) is 11.8 Å². The number of likely N-dealkylation sites (N-methyl/N-ethyl adjacent to an activating group) is 1. The van der Waals surface area contributed by atoms with Gasteiger partial charge in [0.25, 0.3) is 0 Å². The van der Waals surface area contributed by atoms with Crippen LogP contribution in [0.1, 0.15) is 25.7 Å². The van der Waals surface area contributed by atoms with Gasteiger partial charge in [-0.05, 0) is 37.5 Å². The summed E-state index contributed by atoms with van der Waals surface area (Å²) in [5, 5.41) is 3.52. The van der Waals surface area contributed by atoms with Crippen LogP contribution in [0.3, 0.4) is 0 Å². The Kier molecular flexibility index (Phi) is 9.58. The largest absolute Gasteiger partial charge is 0.381 e. The molecular formula is C19H35IN4O3. The molecule has 27 heavy (non-hydrogen) atoms. The molecule has 0 aromatic heterocycles. The van der Waals surface area contributed by atoms with E-state index in [9.17, 15) is 4.79 Å². The van der Waals surface area contributed by atoms with Crippen molar-refractivity contribution in [1.29, 1.82) is 0 Å². The molecule has 0 aliphatic carbocycles. The summed E-state index contributed by atoms with van der Waals surface area (Å²) >= 11 is 0. The summed E-state index contributed by atoms with van der Waals surface area (Å²) in [6, 6.07) is 0. The van der Waals surface area contributed by atoms with Gasteiger partial charge in [-0.15, -0.1) is 24.0 Å². The Hall–Kier alpha value is -0.610. The van der Waals surface area contributed by atoms with E-state index in [-0.39, 0.29) is 36.4 Å². The van der Waals surface area contributed by atoms with E-state index in [1.54, 1.807) is 19.0 Å². The topological polar surface area (TPSA) is 66.4 Å². The van der Waals surface area contributed by atoms with Crippen molar-refractivity contribution in [3.63, 3.8) is 0 Å². The molecule has 0 bridgehead atoms. The van der Waals surface area contributed by atoms with Crippen LogP contribution in [-0.2, 0) is 14.3 Å². The number of nitrogens with one attached hydrogen (secondary N) is 1. The molecule has 8 heteroatoms. The number of hydrogen-bond acceptors (Lipinski definition) is 4. The van der Waals surface area contributed by atoms with Gasteiger partial charge in [-0.25, -0.2) is 4.99 Å². The van der Waals surface area contributed by atoms with Crippen LogP contribution in [0.5, 0.6) is 0 Å². The molecule has 3 heterocycles. The Labute approximate surface area is 180 Å². The number of carbonyl (C=O) groups excluding carboxylic acids is 1. The predicted octanol–water partition coefficient (Wildman–Crippen LogP) is 1.42. The molecule has 0 spiro atoms. The van der Waals surface area contributed by atoms with Crippen molar-refractivity contribution in [2.75, 3.05) is 66.7 Å². The van der Waals surface area contributed by atoms with Crippen molar-refractivity contribution in [1.82, 2.24) is 15.1 Å². The fraction of sp³-hybridized carbons (Fsp3) is 0.895. The van der Waals surface area contributed by atoms with E-state index < -0.39 is 0 Å². The number of carbonyl (C=O) groups is 1. The molecule has 3 aliphatic heterocycles. The van der Waals surface area contributed by atoms with Gasteiger partial charge in [0, 0.05) is 59.5 Å². The molecule has 1 amide bonds. The Bertz CT molecular complexity index is 491. The summed E-state index contributed by atoms with van der Waals surface area (Å²) in [7, 11) is 3.55. The van der Waals surface area contributed by atoms with Gasteiger partial charge in [0.15, 0.2) is 5.96 Å². The number of likely N-dealkylation sites (tertiary alicyclic amines) is 1. The van der Waals surface area contributed by atoms with E-state index in [2.05, 4.69) is 15.2 Å². The summed E-state index contributed by atoms with van der Waals surface area (Å²) in [6.07, 6.45) is 4.66. The Morgan fingerprint density at radius 1 is 1.11 bits per heavy atom. The second kappa shape index (κ2) is 11.4. The minimum atomic E-state index is 0. The Morgan fingerprint density at radius 2 is 1.85 bits per heavy atom. The van der Waals surface area contributed by atoms with Crippen molar-refractivity contribution in [2.45, 2.75) is 25.7 Å². The average Bonchev–Trinajstić information content (AvgIpc) is 3.34. The number of guanidine groups is 1. The van der Waals surface area contributed by atoms with Crippen LogP contribution < -0.4 is 5.32 Å². The monoisotopic (exact) mass is 494 g/mol. The van der Waals surface area contributed by atoms with Crippen LogP contribution in [-0.4, -0.2) is 88.4 Å². The molecule has 7 nitrogen and oxygen atoms in total. The van der Waals surface area contributed by atoms with Gasteiger partial charge in [0.2, 0.25) is 5.91 Å². The molecule has 0 radical (unpaired) electrons. The van der Waals surface area contributed by atoms with Gasteiger partial charge in [-0.3, -0.25) is 4.79 Å². The molecule has 2 atom stereocenters. The standard InChI is InChI=1S/C19H34N4O3.HI/c1-22(2)18(24)12-21-19(20-11-15-4-8-26-14-15)23-7-3-17(13-23)16-5-9-25-10-6-16;/h15-17H,3-14H2,1-2H3,(H,20,21);1H. The average molecular weight is 494 g/mol. The smallest absolute Gasteiger partial charge is 0.243 e. The molecule has 0 saturated carbocycles. The van der Waals surface area contributed by atoms with Gasteiger partial charge < -0.3 is 24.6 Å². The number of halogens is 1. The third-order valence-electron chi connectivity index (χ3n) is 5.89. The first-order valence-electron chi connectivity index (χ1n) is 10.0. The van der Waals surface area contributed by atoms with Crippen LogP contribution in [0.2, 0.25) is 0 Å². The summed E-state index contributed by atoms with van der Waals surface area (Å²) in [5.41, 5.74) is 0. The lowest BCUT2D eigenvalue weighted by atomic mass is 9.85. The minimum absolute atomic E-state index is 0. The summed E-state index contributed by atoms with van der Waals surface area (Å²) < 4.78 is 11.0. The lowest BCUT2D eigenvalue weighted by Crippen LogP contribution is -2.43. The minimum Gasteiger partial charge on any atom is -0.381 e. The third kappa shape index (κ3) is 6.74.